The Bertz CT molecular complexity index is 839. The van der Waals surface area contributed by atoms with E-state index in [2.05, 4.69) is 26.2 Å². The van der Waals surface area contributed by atoms with Crippen LogP contribution in [0.25, 0.3) is 0 Å². The number of rotatable bonds is 4. The Morgan fingerprint density at radius 1 is 1.26 bits per heavy atom. The average molecular weight is 445 g/mol. The van der Waals surface area contributed by atoms with Gasteiger partial charge in [-0.1, -0.05) is 0 Å². The average Bonchev–Trinajstić information content (AvgIpc) is 3.37. The molecule has 1 saturated heterocycles. The minimum Gasteiger partial charge on any atom is -0.323 e. The molecule has 27 heavy (non-hydrogen) atoms. The number of aromatic nitrogens is 2. The second-order valence-corrected chi connectivity index (χ2v) is 8.38. The minimum absolute atomic E-state index is 0.130. The number of alkyl halides is 2. The lowest BCUT2D eigenvalue weighted by atomic mass is 9.80. The first-order chi connectivity index (χ1) is 12.6. The molecule has 1 aromatic rings. The van der Waals surface area contributed by atoms with E-state index >= 15 is 0 Å². The number of carbonyl (C=O) groups excluding carboxylic acids is 3. The summed E-state index contributed by atoms with van der Waals surface area (Å²) in [7, 11) is 1.69. The molecule has 2 saturated carbocycles. The highest BCUT2D eigenvalue weighted by atomic mass is 79.9. The molecule has 2 heterocycles. The number of Topliss-reactive ketones (excluding diaryl/α,β-unsaturated/α-hetero) is 1. The summed E-state index contributed by atoms with van der Waals surface area (Å²) in [5, 5.41) is 2.54. The van der Waals surface area contributed by atoms with Gasteiger partial charge in [0.25, 0.3) is 5.91 Å². The van der Waals surface area contributed by atoms with E-state index in [0.29, 0.717) is 5.92 Å². The van der Waals surface area contributed by atoms with Gasteiger partial charge in [0.05, 0.1) is 12.2 Å². The van der Waals surface area contributed by atoms with Gasteiger partial charge in [-0.15, -0.1) is 0 Å². The Labute approximate surface area is 162 Å². The Kier molecular flexibility index (Phi) is 4.17. The van der Waals surface area contributed by atoms with Crippen molar-refractivity contribution in [3.63, 3.8) is 0 Å². The molecule has 0 aromatic carbocycles. The number of urea groups is 1. The molecule has 0 atom stereocenters. The number of imide groups is 1. The third-order valence-electron chi connectivity index (χ3n) is 5.65. The van der Waals surface area contributed by atoms with Crippen molar-refractivity contribution in [3.05, 3.63) is 16.1 Å². The van der Waals surface area contributed by atoms with Gasteiger partial charge in [-0.3, -0.25) is 14.5 Å². The first kappa shape index (κ1) is 18.5. The van der Waals surface area contributed by atoms with Gasteiger partial charge in [0.1, 0.15) is 10.1 Å². The number of ketones is 1. The van der Waals surface area contributed by atoms with E-state index in [1.54, 1.807) is 11.6 Å². The van der Waals surface area contributed by atoms with E-state index in [1.165, 1.54) is 0 Å². The molecule has 3 fully saturated rings. The van der Waals surface area contributed by atoms with Gasteiger partial charge in [-0.2, -0.15) is 0 Å². The lowest BCUT2D eigenvalue weighted by molar-refractivity contribution is -0.135. The van der Waals surface area contributed by atoms with E-state index in [1.807, 2.05) is 0 Å². The first-order valence-electron chi connectivity index (χ1n) is 8.91. The van der Waals surface area contributed by atoms with Crippen LogP contribution in [0, 0.1) is 0 Å². The normalized spacial score (nSPS) is 23.8. The van der Waals surface area contributed by atoms with Gasteiger partial charge in [-0.05, 0) is 41.6 Å². The van der Waals surface area contributed by atoms with Crippen LogP contribution in [0.4, 0.5) is 13.6 Å². The third-order valence-corrected chi connectivity index (χ3v) is 6.58. The van der Waals surface area contributed by atoms with Crippen molar-refractivity contribution in [1.29, 1.82) is 0 Å². The summed E-state index contributed by atoms with van der Waals surface area (Å²) >= 11 is 3.43. The van der Waals surface area contributed by atoms with E-state index in [-0.39, 0.29) is 18.7 Å². The molecule has 0 bridgehead atoms. The van der Waals surface area contributed by atoms with Gasteiger partial charge in [0.2, 0.25) is 11.7 Å². The lowest BCUT2D eigenvalue weighted by Crippen LogP contribution is -2.51. The van der Waals surface area contributed by atoms with E-state index < -0.39 is 48.6 Å². The monoisotopic (exact) mass is 444 g/mol. The second-order valence-electron chi connectivity index (χ2n) is 7.63. The maximum Gasteiger partial charge on any atom is 0.325 e. The molecule has 2 aliphatic carbocycles. The summed E-state index contributed by atoms with van der Waals surface area (Å²) in [5.41, 5.74) is -0.510. The summed E-state index contributed by atoms with van der Waals surface area (Å²) < 4.78 is 29.2. The Morgan fingerprint density at radius 2 is 1.89 bits per heavy atom. The number of amides is 3. The van der Waals surface area contributed by atoms with Crippen molar-refractivity contribution in [1.82, 2.24) is 19.8 Å². The third kappa shape index (κ3) is 3.07. The van der Waals surface area contributed by atoms with E-state index in [9.17, 15) is 23.2 Å². The number of imidazole rings is 1. The molecule has 0 unspecified atom stereocenters. The first-order valence-corrected chi connectivity index (χ1v) is 9.70. The van der Waals surface area contributed by atoms with Crippen LogP contribution in [0.1, 0.15) is 60.8 Å². The molecule has 1 N–H and O–H groups in total. The predicted octanol–water partition coefficient (Wildman–Crippen LogP) is 2.74. The Hall–Kier alpha value is -1.84. The maximum absolute atomic E-state index is 13.4. The molecule has 3 aliphatic rings. The van der Waals surface area contributed by atoms with Crippen LogP contribution in [-0.4, -0.2) is 50.2 Å². The van der Waals surface area contributed by atoms with Gasteiger partial charge in [0.15, 0.2) is 5.82 Å². The lowest BCUT2D eigenvalue weighted by Gasteiger charge is -2.34. The van der Waals surface area contributed by atoms with Crippen molar-refractivity contribution < 1.29 is 23.2 Å². The fourth-order valence-corrected chi connectivity index (χ4v) is 4.36. The van der Waals surface area contributed by atoms with Gasteiger partial charge >= 0.3 is 6.03 Å². The smallest absolute Gasteiger partial charge is 0.323 e. The van der Waals surface area contributed by atoms with Crippen molar-refractivity contribution in [2.75, 3.05) is 6.54 Å². The highest BCUT2D eigenvalue weighted by Gasteiger charge is 2.56. The zero-order valence-corrected chi connectivity index (χ0v) is 16.3. The van der Waals surface area contributed by atoms with Crippen molar-refractivity contribution in [2.24, 2.45) is 7.05 Å². The summed E-state index contributed by atoms with van der Waals surface area (Å²) in [6.07, 6.45) is 0.854. The number of nitrogens with one attached hydrogen (secondary N) is 1. The van der Waals surface area contributed by atoms with Crippen LogP contribution in [0.2, 0.25) is 0 Å². The topological polar surface area (TPSA) is 84.3 Å². The largest absolute Gasteiger partial charge is 0.325 e. The molecular weight excluding hydrogens is 426 g/mol. The van der Waals surface area contributed by atoms with Crippen LogP contribution < -0.4 is 5.32 Å². The summed E-state index contributed by atoms with van der Waals surface area (Å²) in [4.78, 5) is 42.9. The van der Waals surface area contributed by atoms with Crippen LogP contribution >= 0.6 is 15.9 Å². The summed E-state index contributed by atoms with van der Waals surface area (Å²) in [5.74, 6) is -3.40. The number of hydrogen-bond acceptors (Lipinski definition) is 4. The van der Waals surface area contributed by atoms with Crippen molar-refractivity contribution >= 4 is 33.7 Å². The Balaban J connectivity index is 1.51. The highest BCUT2D eigenvalue weighted by molar-refractivity contribution is 9.10. The quantitative estimate of drug-likeness (QED) is 0.571. The van der Waals surface area contributed by atoms with E-state index in [4.69, 9.17) is 0 Å². The van der Waals surface area contributed by atoms with Crippen molar-refractivity contribution in [3.8, 4) is 0 Å². The molecule has 3 amide bonds. The molecular formula is C17H19BrF2N4O3. The molecule has 0 radical (unpaired) electrons. The van der Waals surface area contributed by atoms with Gasteiger partial charge in [-0.25, -0.2) is 18.6 Å². The number of carbonyl (C=O) groups is 3. The molecule has 7 nitrogen and oxygen atoms in total. The van der Waals surface area contributed by atoms with Crippen LogP contribution in [-0.2, 0) is 11.8 Å². The molecule has 1 aromatic heterocycles. The zero-order chi connectivity index (χ0) is 19.6. The second kappa shape index (κ2) is 6.08. The number of hydrogen-bond donors (Lipinski definition) is 1. The Morgan fingerprint density at radius 3 is 2.48 bits per heavy atom. The molecule has 10 heteroatoms. The standard InChI is InChI=1S/C17H19BrF2N4O3/c1-23-12(18)11(9-2-3-9)21-13(23)10(25)8-24-14(26)16(22-15(24)27)4-6-17(19,20)7-5-16/h9H,2-8H2,1H3,(H,22,27). The molecule has 1 aliphatic heterocycles. The predicted molar refractivity (Wildman–Crippen MR) is 93.6 cm³/mol. The van der Waals surface area contributed by atoms with E-state index in [0.717, 1.165) is 28.0 Å². The maximum atomic E-state index is 13.4. The number of nitrogens with zero attached hydrogens (tertiary/aromatic N) is 3. The van der Waals surface area contributed by atoms with Gasteiger partial charge in [0, 0.05) is 25.8 Å². The zero-order valence-electron chi connectivity index (χ0n) is 14.7. The fourth-order valence-electron chi connectivity index (χ4n) is 3.78. The summed E-state index contributed by atoms with van der Waals surface area (Å²) in [6, 6.07) is -0.714. The highest BCUT2D eigenvalue weighted by Crippen LogP contribution is 2.43. The van der Waals surface area contributed by atoms with Gasteiger partial charge < -0.3 is 9.88 Å². The molecule has 146 valence electrons. The fraction of sp³-hybridized carbons (Fsp3) is 0.647. The SMILES string of the molecule is Cn1c(C(=O)CN2C(=O)NC3(CCC(F)(F)CC3)C2=O)nc(C2CC2)c1Br. The van der Waals surface area contributed by atoms with Crippen molar-refractivity contribution in [2.45, 2.75) is 55.9 Å². The minimum atomic E-state index is -2.82. The van der Waals surface area contributed by atoms with Crippen LogP contribution in [0.15, 0.2) is 4.60 Å². The molecule has 4 rings (SSSR count). The molecule has 1 spiro atoms. The summed E-state index contributed by atoms with van der Waals surface area (Å²) in [6.45, 7) is -0.454. The number of halogens is 3. The van der Waals surface area contributed by atoms with Crippen LogP contribution in [0.3, 0.4) is 0 Å². The van der Waals surface area contributed by atoms with Crippen LogP contribution in [0.5, 0.6) is 0 Å².